The van der Waals surface area contributed by atoms with Gasteiger partial charge < -0.3 is 10.3 Å². The number of hydrogen-bond donors (Lipinski definition) is 1. The molecule has 1 atom stereocenters. The lowest BCUT2D eigenvalue weighted by Crippen LogP contribution is -2.45. The van der Waals surface area contributed by atoms with E-state index in [1.54, 1.807) is 0 Å². The van der Waals surface area contributed by atoms with Crippen molar-refractivity contribution >= 4 is 11.6 Å². The molecule has 0 radical (unpaired) electrons. The molecule has 1 aromatic carbocycles. The number of hydrogen-bond acceptors (Lipinski definition) is 1. The van der Waals surface area contributed by atoms with Crippen LogP contribution in [0, 0.1) is 0 Å². The van der Waals surface area contributed by atoms with Gasteiger partial charge in [-0.15, -0.1) is 0 Å². The fourth-order valence-corrected chi connectivity index (χ4v) is 3.33. The van der Waals surface area contributed by atoms with Crippen LogP contribution in [0.3, 0.4) is 0 Å². The average Bonchev–Trinajstić information content (AvgIpc) is 2.76. The van der Waals surface area contributed by atoms with E-state index in [9.17, 15) is 0 Å². The van der Waals surface area contributed by atoms with Gasteiger partial charge in [0, 0.05) is 29.4 Å². The number of benzene rings is 1. The van der Waals surface area contributed by atoms with Gasteiger partial charge in [0.15, 0.2) is 0 Å². The van der Waals surface area contributed by atoms with Gasteiger partial charge in [-0.05, 0) is 42.7 Å². The molecule has 0 aliphatic heterocycles. The van der Waals surface area contributed by atoms with Crippen LogP contribution in [0.25, 0.3) is 0 Å². The van der Waals surface area contributed by atoms with E-state index in [2.05, 4.69) is 42.1 Å². The van der Waals surface area contributed by atoms with Gasteiger partial charge in [-0.3, -0.25) is 0 Å². The predicted molar refractivity (Wildman–Crippen MR) is 79.3 cm³/mol. The Hall–Kier alpha value is -1.25. The Morgan fingerprint density at radius 1 is 1.21 bits per heavy atom. The smallest absolute Gasteiger partial charge is 0.0547 e. The highest BCUT2D eigenvalue weighted by molar-refractivity contribution is 6.30. The summed E-state index contributed by atoms with van der Waals surface area (Å²) >= 11 is 5.99. The van der Waals surface area contributed by atoms with Crippen LogP contribution in [-0.2, 0) is 12.5 Å². The molecule has 19 heavy (non-hydrogen) atoms. The van der Waals surface area contributed by atoms with Gasteiger partial charge in [0.1, 0.15) is 0 Å². The SMILES string of the molecule is Cn1cccc1C(N)C1(c2ccc(Cl)cc2)CCC1. The van der Waals surface area contributed by atoms with E-state index < -0.39 is 0 Å². The maximum atomic E-state index is 6.60. The average molecular weight is 275 g/mol. The lowest BCUT2D eigenvalue weighted by molar-refractivity contribution is 0.192. The summed E-state index contributed by atoms with van der Waals surface area (Å²) in [6, 6.07) is 12.4. The standard InChI is InChI=1S/C16H19ClN2/c1-19-11-2-4-14(19)15(18)16(9-3-10-16)12-5-7-13(17)8-6-12/h2,4-8,11,15H,3,9-10,18H2,1H3. The van der Waals surface area contributed by atoms with Gasteiger partial charge in [0.2, 0.25) is 0 Å². The van der Waals surface area contributed by atoms with E-state index in [1.165, 1.54) is 17.7 Å². The van der Waals surface area contributed by atoms with Crippen molar-refractivity contribution in [2.75, 3.05) is 0 Å². The summed E-state index contributed by atoms with van der Waals surface area (Å²) in [5.41, 5.74) is 9.20. The minimum atomic E-state index is 0.0439. The Morgan fingerprint density at radius 2 is 1.89 bits per heavy atom. The molecule has 1 unspecified atom stereocenters. The van der Waals surface area contributed by atoms with Gasteiger partial charge in [0.05, 0.1) is 6.04 Å². The minimum absolute atomic E-state index is 0.0439. The third kappa shape index (κ3) is 1.99. The van der Waals surface area contributed by atoms with Crippen LogP contribution >= 0.6 is 11.6 Å². The van der Waals surface area contributed by atoms with Gasteiger partial charge in [-0.2, -0.15) is 0 Å². The number of rotatable bonds is 3. The molecule has 100 valence electrons. The van der Waals surface area contributed by atoms with Crippen molar-refractivity contribution in [1.29, 1.82) is 0 Å². The van der Waals surface area contributed by atoms with E-state index in [1.807, 2.05) is 12.1 Å². The lowest BCUT2D eigenvalue weighted by atomic mass is 9.59. The molecule has 0 spiro atoms. The second-order valence-corrected chi connectivity index (χ2v) is 5.97. The molecule has 1 aromatic heterocycles. The summed E-state index contributed by atoms with van der Waals surface area (Å²) in [4.78, 5) is 0. The molecular weight excluding hydrogens is 256 g/mol. The van der Waals surface area contributed by atoms with Gasteiger partial charge in [-0.1, -0.05) is 30.2 Å². The van der Waals surface area contributed by atoms with Gasteiger partial charge >= 0.3 is 0 Å². The quantitative estimate of drug-likeness (QED) is 0.907. The van der Waals surface area contributed by atoms with Crippen molar-refractivity contribution in [3.8, 4) is 0 Å². The summed E-state index contributed by atoms with van der Waals surface area (Å²) in [7, 11) is 2.06. The fourth-order valence-electron chi connectivity index (χ4n) is 3.20. The normalized spacial score (nSPS) is 18.9. The zero-order valence-electron chi connectivity index (χ0n) is 11.1. The van der Waals surface area contributed by atoms with Crippen molar-refractivity contribution in [2.45, 2.75) is 30.7 Å². The first-order valence-corrected chi connectivity index (χ1v) is 7.14. The third-order valence-electron chi connectivity index (χ3n) is 4.56. The Kier molecular flexibility index (Phi) is 3.15. The van der Waals surface area contributed by atoms with Crippen LogP contribution < -0.4 is 5.73 Å². The number of aryl methyl sites for hydroxylation is 1. The van der Waals surface area contributed by atoms with Crippen molar-refractivity contribution in [1.82, 2.24) is 4.57 Å². The summed E-state index contributed by atoms with van der Waals surface area (Å²) in [5, 5.41) is 0.783. The monoisotopic (exact) mass is 274 g/mol. The Balaban J connectivity index is 1.99. The van der Waals surface area contributed by atoms with E-state index in [0.717, 1.165) is 17.9 Å². The molecule has 1 fully saturated rings. The largest absolute Gasteiger partial charge is 0.353 e. The maximum absolute atomic E-state index is 6.60. The summed E-state index contributed by atoms with van der Waals surface area (Å²) in [6.45, 7) is 0. The van der Waals surface area contributed by atoms with Gasteiger partial charge in [-0.25, -0.2) is 0 Å². The first kappa shape index (κ1) is 12.8. The number of aromatic nitrogens is 1. The van der Waals surface area contributed by atoms with Crippen LogP contribution in [0.15, 0.2) is 42.6 Å². The van der Waals surface area contributed by atoms with Crippen molar-refractivity contribution in [3.63, 3.8) is 0 Å². The van der Waals surface area contributed by atoms with E-state index in [-0.39, 0.29) is 11.5 Å². The Labute approximate surface area is 119 Å². The lowest BCUT2D eigenvalue weighted by Gasteiger charge is -2.47. The Bertz CT molecular complexity index is 567. The molecule has 2 N–H and O–H groups in total. The van der Waals surface area contributed by atoms with Crippen LogP contribution in [0.2, 0.25) is 5.02 Å². The molecule has 1 heterocycles. The van der Waals surface area contributed by atoms with Crippen molar-refractivity contribution in [3.05, 3.63) is 58.9 Å². The second kappa shape index (κ2) is 4.69. The van der Waals surface area contributed by atoms with Crippen LogP contribution in [0.1, 0.15) is 36.6 Å². The van der Waals surface area contributed by atoms with E-state index in [4.69, 9.17) is 17.3 Å². The van der Waals surface area contributed by atoms with Crippen molar-refractivity contribution < 1.29 is 0 Å². The molecule has 3 heteroatoms. The fraction of sp³-hybridized carbons (Fsp3) is 0.375. The predicted octanol–water partition coefficient (Wildman–Crippen LogP) is 3.80. The summed E-state index contributed by atoms with van der Waals surface area (Å²) in [5.74, 6) is 0. The van der Waals surface area contributed by atoms with E-state index >= 15 is 0 Å². The zero-order valence-corrected chi connectivity index (χ0v) is 11.9. The third-order valence-corrected chi connectivity index (χ3v) is 4.81. The van der Waals surface area contributed by atoms with Gasteiger partial charge in [0.25, 0.3) is 0 Å². The first-order chi connectivity index (χ1) is 9.13. The molecule has 3 rings (SSSR count). The molecular formula is C16H19ClN2. The van der Waals surface area contributed by atoms with Crippen LogP contribution in [-0.4, -0.2) is 4.57 Å². The number of nitrogens with two attached hydrogens (primary N) is 1. The summed E-state index contributed by atoms with van der Waals surface area (Å²) in [6.07, 6.45) is 5.62. The van der Waals surface area contributed by atoms with E-state index in [0.29, 0.717) is 0 Å². The maximum Gasteiger partial charge on any atom is 0.0547 e. The highest BCUT2D eigenvalue weighted by atomic mass is 35.5. The zero-order chi connectivity index (χ0) is 13.5. The molecule has 0 amide bonds. The topological polar surface area (TPSA) is 30.9 Å². The highest BCUT2D eigenvalue weighted by Crippen LogP contribution is 2.51. The molecule has 0 saturated heterocycles. The Morgan fingerprint density at radius 3 is 2.37 bits per heavy atom. The minimum Gasteiger partial charge on any atom is -0.353 e. The number of nitrogens with zero attached hydrogens (tertiary/aromatic N) is 1. The summed E-state index contributed by atoms with van der Waals surface area (Å²) < 4.78 is 2.13. The first-order valence-electron chi connectivity index (χ1n) is 6.76. The van der Waals surface area contributed by atoms with Crippen LogP contribution in [0.4, 0.5) is 0 Å². The molecule has 0 bridgehead atoms. The molecule has 1 aliphatic carbocycles. The highest BCUT2D eigenvalue weighted by Gasteiger charge is 2.45. The molecule has 1 saturated carbocycles. The molecule has 1 aliphatic rings. The molecule has 2 nitrogen and oxygen atoms in total. The molecule has 2 aromatic rings. The van der Waals surface area contributed by atoms with Crippen LogP contribution in [0.5, 0.6) is 0 Å². The number of halogens is 1. The van der Waals surface area contributed by atoms with Crippen molar-refractivity contribution in [2.24, 2.45) is 12.8 Å². The second-order valence-electron chi connectivity index (χ2n) is 5.54.